The molecule has 2 aromatic carbocycles. The van der Waals surface area contributed by atoms with E-state index in [1.54, 1.807) is 36.4 Å². The van der Waals surface area contributed by atoms with Gasteiger partial charge in [-0.05, 0) is 31.2 Å². The molecule has 0 saturated carbocycles. The van der Waals surface area contributed by atoms with Crippen LogP contribution in [0.2, 0.25) is 0 Å². The van der Waals surface area contributed by atoms with Crippen LogP contribution in [0.4, 0.5) is 5.13 Å². The lowest BCUT2D eigenvalue weighted by atomic mass is 10.2. The summed E-state index contributed by atoms with van der Waals surface area (Å²) in [5.41, 5.74) is 1.26. The molecular formula is C24H29N3O6S3. The first-order chi connectivity index (χ1) is 17.0. The maximum atomic E-state index is 13.4. The Morgan fingerprint density at radius 1 is 1.08 bits per heavy atom. The number of anilines is 1. The van der Waals surface area contributed by atoms with Gasteiger partial charge in [0.25, 0.3) is 0 Å². The second-order valence-electron chi connectivity index (χ2n) is 8.75. The molecule has 2 heterocycles. The highest BCUT2D eigenvalue weighted by molar-refractivity contribution is 7.91. The number of nitrogens with zero attached hydrogens (tertiary/aromatic N) is 3. The maximum Gasteiger partial charge on any atom is 0.229 e. The molecule has 12 heteroatoms. The Morgan fingerprint density at radius 3 is 2.44 bits per heavy atom. The topological polar surface area (TPSA) is 114 Å². The Labute approximate surface area is 215 Å². The molecule has 1 saturated heterocycles. The molecule has 0 bridgehead atoms. The molecule has 4 rings (SSSR count). The number of carbonyl (C=O) groups is 1. The van der Waals surface area contributed by atoms with Crippen LogP contribution in [-0.4, -0.2) is 84.0 Å². The summed E-state index contributed by atoms with van der Waals surface area (Å²) in [7, 11) is -7.16. The van der Waals surface area contributed by atoms with Crippen molar-refractivity contribution >= 4 is 52.3 Å². The molecule has 0 aliphatic carbocycles. The third-order valence-electron chi connectivity index (χ3n) is 6.01. The quantitative estimate of drug-likeness (QED) is 0.399. The van der Waals surface area contributed by atoms with E-state index >= 15 is 0 Å². The Bertz CT molecular complexity index is 1440. The normalized spacial score (nSPS) is 15.3. The van der Waals surface area contributed by atoms with Crippen molar-refractivity contribution in [3.05, 3.63) is 48.0 Å². The van der Waals surface area contributed by atoms with Crippen molar-refractivity contribution in [1.29, 1.82) is 0 Å². The minimum absolute atomic E-state index is 0.102. The second kappa shape index (κ2) is 10.9. The van der Waals surface area contributed by atoms with Crippen molar-refractivity contribution in [2.24, 2.45) is 0 Å². The van der Waals surface area contributed by atoms with Gasteiger partial charge in [0.1, 0.15) is 5.52 Å². The highest BCUT2D eigenvalue weighted by Gasteiger charge is 2.25. The summed E-state index contributed by atoms with van der Waals surface area (Å²) in [4.78, 5) is 21.8. The molecule has 1 fully saturated rings. The maximum absolute atomic E-state index is 13.4. The van der Waals surface area contributed by atoms with Crippen LogP contribution in [0.15, 0.2) is 52.3 Å². The van der Waals surface area contributed by atoms with E-state index in [-0.39, 0.29) is 27.9 Å². The van der Waals surface area contributed by atoms with Crippen LogP contribution in [0.3, 0.4) is 0 Å². The van der Waals surface area contributed by atoms with E-state index in [1.807, 2.05) is 6.92 Å². The number of hydrogen-bond acceptors (Lipinski definition) is 9. The number of carbonyl (C=O) groups excluding carboxylic acids is 1. The second-order valence-corrected chi connectivity index (χ2v) is 13.9. The molecule has 0 atom stereocenters. The van der Waals surface area contributed by atoms with Crippen LogP contribution < -0.4 is 4.90 Å². The lowest BCUT2D eigenvalue weighted by Crippen LogP contribution is -2.43. The number of morpholine rings is 1. The molecule has 1 aliphatic heterocycles. The molecular weight excluding hydrogens is 522 g/mol. The van der Waals surface area contributed by atoms with E-state index in [9.17, 15) is 21.6 Å². The number of hydrogen-bond donors (Lipinski definition) is 0. The van der Waals surface area contributed by atoms with Crippen molar-refractivity contribution < 1.29 is 26.4 Å². The average Bonchev–Trinajstić information content (AvgIpc) is 3.27. The average molecular weight is 552 g/mol. The number of ether oxygens (including phenoxy) is 1. The van der Waals surface area contributed by atoms with Gasteiger partial charge in [-0.2, -0.15) is 0 Å². The van der Waals surface area contributed by atoms with E-state index in [1.165, 1.54) is 22.3 Å². The van der Waals surface area contributed by atoms with Gasteiger partial charge in [0.05, 0.1) is 33.5 Å². The van der Waals surface area contributed by atoms with Crippen LogP contribution in [0.1, 0.15) is 12.0 Å². The van der Waals surface area contributed by atoms with Crippen molar-refractivity contribution in [1.82, 2.24) is 9.88 Å². The fraction of sp³-hybridized carbons (Fsp3) is 0.417. The Hall–Kier alpha value is -2.38. The molecule has 1 aliphatic rings. The van der Waals surface area contributed by atoms with Gasteiger partial charge in [-0.3, -0.25) is 14.6 Å². The van der Waals surface area contributed by atoms with E-state index in [4.69, 9.17) is 4.74 Å². The summed E-state index contributed by atoms with van der Waals surface area (Å²) >= 11 is 1.22. The van der Waals surface area contributed by atoms with Crippen molar-refractivity contribution in [2.75, 3.05) is 56.3 Å². The predicted molar refractivity (Wildman–Crippen MR) is 140 cm³/mol. The van der Waals surface area contributed by atoms with E-state index in [0.717, 1.165) is 24.9 Å². The first kappa shape index (κ1) is 26.7. The van der Waals surface area contributed by atoms with Gasteiger partial charge in [-0.15, -0.1) is 0 Å². The monoisotopic (exact) mass is 551 g/mol. The van der Waals surface area contributed by atoms with E-state index in [0.29, 0.717) is 41.7 Å². The third-order valence-corrected chi connectivity index (χ3v) is 9.91. The molecule has 0 radical (unpaired) electrons. The number of sulfone groups is 2. The number of aromatic nitrogens is 1. The van der Waals surface area contributed by atoms with Crippen LogP contribution in [0, 0.1) is 6.92 Å². The highest BCUT2D eigenvalue weighted by atomic mass is 32.2. The van der Waals surface area contributed by atoms with Crippen LogP contribution in [0.5, 0.6) is 0 Å². The number of para-hydroxylation sites is 1. The standard InChI is InChI=1S/C24H29N3O6S3/c1-18-6-8-19(9-7-18)36(31,32)17-10-22(28)27(12-11-26-13-15-33-16-14-26)24-25-23-20(34-24)4-3-5-21(23)35(2,29)30/h3-9H,10-17H2,1-2H3. The smallest absolute Gasteiger partial charge is 0.229 e. The predicted octanol–water partition coefficient (Wildman–Crippen LogP) is 2.54. The Balaban J connectivity index is 1.59. The summed E-state index contributed by atoms with van der Waals surface area (Å²) in [6.07, 6.45) is 0.909. The number of aryl methyl sites for hydroxylation is 1. The van der Waals surface area contributed by atoms with Crippen LogP contribution in [-0.2, 0) is 29.2 Å². The number of thiazole rings is 1. The highest BCUT2D eigenvalue weighted by Crippen LogP contribution is 2.33. The Morgan fingerprint density at radius 2 is 1.78 bits per heavy atom. The van der Waals surface area contributed by atoms with E-state index < -0.39 is 19.7 Å². The third kappa shape index (κ3) is 6.30. The van der Waals surface area contributed by atoms with Crippen molar-refractivity contribution in [3.63, 3.8) is 0 Å². The number of rotatable bonds is 9. The number of fused-ring (bicyclic) bond motifs is 1. The summed E-state index contributed by atoms with van der Waals surface area (Å²) in [6.45, 7) is 5.44. The van der Waals surface area contributed by atoms with Gasteiger partial charge in [-0.1, -0.05) is 35.1 Å². The summed E-state index contributed by atoms with van der Waals surface area (Å²) in [5, 5.41) is 0.354. The lowest BCUT2D eigenvalue weighted by molar-refractivity contribution is -0.118. The molecule has 3 aromatic rings. The fourth-order valence-corrected chi connectivity index (χ4v) is 7.10. The molecule has 36 heavy (non-hydrogen) atoms. The van der Waals surface area contributed by atoms with Crippen molar-refractivity contribution in [2.45, 2.75) is 23.1 Å². The number of benzene rings is 2. The summed E-state index contributed by atoms with van der Waals surface area (Å²) in [6, 6.07) is 11.5. The summed E-state index contributed by atoms with van der Waals surface area (Å²) < 4.78 is 56.2. The van der Waals surface area contributed by atoms with Gasteiger partial charge in [0.2, 0.25) is 5.91 Å². The number of amides is 1. The van der Waals surface area contributed by atoms with Gasteiger partial charge >= 0.3 is 0 Å². The molecule has 0 N–H and O–H groups in total. The first-order valence-electron chi connectivity index (χ1n) is 11.5. The minimum atomic E-state index is -3.64. The molecule has 1 amide bonds. The fourth-order valence-electron chi connectivity index (χ4n) is 3.94. The molecule has 9 nitrogen and oxygen atoms in total. The molecule has 0 spiro atoms. The zero-order chi connectivity index (χ0) is 25.9. The van der Waals surface area contributed by atoms with Crippen LogP contribution in [0.25, 0.3) is 10.2 Å². The molecule has 1 aromatic heterocycles. The van der Waals surface area contributed by atoms with E-state index in [2.05, 4.69) is 9.88 Å². The molecule has 0 unspecified atom stereocenters. The van der Waals surface area contributed by atoms with Gasteiger partial charge in [0.15, 0.2) is 24.8 Å². The Kier molecular flexibility index (Phi) is 8.10. The zero-order valence-corrected chi connectivity index (χ0v) is 22.7. The molecule has 194 valence electrons. The summed E-state index contributed by atoms with van der Waals surface area (Å²) in [5.74, 6) is -0.707. The minimum Gasteiger partial charge on any atom is -0.379 e. The first-order valence-corrected chi connectivity index (χ1v) is 15.9. The zero-order valence-electron chi connectivity index (χ0n) is 20.2. The van der Waals surface area contributed by atoms with Crippen LogP contribution >= 0.6 is 11.3 Å². The largest absolute Gasteiger partial charge is 0.379 e. The lowest BCUT2D eigenvalue weighted by Gasteiger charge is -2.29. The van der Waals surface area contributed by atoms with Gasteiger partial charge in [0, 0.05) is 38.9 Å². The van der Waals surface area contributed by atoms with Gasteiger partial charge < -0.3 is 4.74 Å². The van der Waals surface area contributed by atoms with Gasteiger partial charge in [-0.25, -0.2) is 21.8 Å². The van der Waals surface area contributed by atoms with Crippen molar-refractivity contribution in [3.8, 4) is 0 Å². The SMILES string of the molecule is Cc1ccc(S(=O)(=O)CCC(=O)N(CCN2CCOCC2)c2nc3c(S(C)(=O)=O)cccc3s2)cc1.